The van der Waals surface area contributed by atoms with Crippen molar-refractivity contribution >= 4 is 21.5 Å². The predicted octanol–water partition coefficient (Wildman–Crippen LogP) is 7.30. The van der Waals surface area contributed by atoms with E-state index >= 15 is 0 Å². The maximum Gasteiger partial charge on any atom is 0.135 e. The Bertz CT molecular complexity index is 929. The number of benzene rings is 3. The molecule has 0 radical (unpaired) electrons. The van der Waals surface area contributed by atoms with Crippen LogP contribution >= 0.6 is 0 Å². The van der Waals surface area contributed by atoms with E-state index in [-0.39, 0.29) is 0 Å². The molecule has 2 heteroatoms. The second kappa shape index (κ2) is 9.45. The van der Waals surface area contributed by atoms with Gasteiger partial charge < -0.3 is 9.47 Å². The molecule has 0 saturated carbocycles. The van der Waals surface area contributed by atoms with Gasteiger partial charge >= 0.3 is 0 Å². The molecule has 3 aromatic rings. The first kappa shape index (κ1) is 20.0. The van der Waals surface area contributed by atoms with Crippen molar-refractivity contribution in [1.82, 2.24) is 0 Å². The van der Waals surface area contributed by atoms with Crippen LogP contribution in [0.5, 0.6) is 11.5 Å². The number of ether oxygens (including phenoxy) is 2. The lowest BCUT2D eigenvalue weighted by Gasteiger charge is -2.18. The van der Waals surface area contributed by atoms with Gasteiger partial charge in [0.15, 0.2) is 0 Å². The lowest BCUT2D eigenvalue weighted by atomic mass is 9.98. The zero-order chi connectivity index (χ0) is 19.9. The molecule has 0 aromatic heterocycles. The molecule has 0 aliphatic carbocycles. The molecule has 28 heavy (non-hydrogen) atoms. The summed E-state index contributed by atoms with van der Waals surface area (Å²) in [5.74, 6) is 1.91. The molecule has 0 unspecified atom stereocenters. The van der Waals surface area contributed by atoms with Crippen LogP contribution in [0.4, 0.5) is 0 Å². The van der Waals surface area contributed by atoms with E-state index in [1.807, 2.05) is 13.8 Å². The van der Waals surface area contributed by atoms with Gasteiger partial charge in [-0.05, 0) is 52.7 Å². The first-order chi connectivity index (χ1) is 13.7. The van der Waals surface area contributed by atoms with Gasteiger partial charge in [0.2, 0.25) is 0 Å². The van der Waals surface area contributed by atoms with Gasteiger partial charge in [-0.25, -0.2) is 0 Å². The van der Waals surface area contributed by atoms with E-state index in [9.17, 15) is 0 Å². The average Bonchev–Trinajstić information content (AvgIpc) is 2.69. The van der Waals surface area contributed by atoms with Crippen LogP contribution in [-0.2, 0) is 0 Å². The Kier molecular flexibility index (Phi) is 6.76. The van der Waals surface area contributed by atoms with Crippen molar-refractivity contribution < 1.29 is 9.47 Å². The third-order valence-corrected chi connectivity index (χ3v) is 4.86. The molecule has 2 nitrogen and oxygen atoms in total. The van der Waals surface area contributed by atoms with Gasteiger partial charge in [0.25, 0.3) is 0 Å². The van der Waals surface area contributed by atoms with Crippen LogP contribution in [0.25, 0.3) is 21.5 Å². The first-order valence-electron chi connectivity index (χ1n) is 10.1. The van der Waals surface area contributed by atoms with Crippen molar-refractivity contribution in [3.8, 4) is 11.5 Å². The topological polar surface area (TPSA) is 18.5 Å². The number of hydrogen-bond donors (Lipinski definition) is 0. The van der Waals surface area contributed by atoms with Crippen LogP contribution in [0.3, 0.4) is 0 Å². The Labute approximate surface area is 168 Å². The number of rotatable bonds is 8. The Balaban J connectivity index is 2.18. The van der Waals surface area contributed by atoms with Gasteiger partial charge in [-0.1, -0.05) is 59.7 Å². The Morgan fingerprint density at radius 1 is 0.643 bits per heavy atom. The maximum absolute atomic E-state index is 6.31. The van der Waals surface area contributed by atoms with Crippen LogP contribution in [0, 0.1) is 13.8 Å². The highest BCUT2D eigenvalue weighted by Crippen LogP contribution is 2.43. The van der Waals surface area contributed by atoms with Crippen LogP contribution in [0.15, 0.2) is 60.7 Å². The molecule has 3 aromatic carbocycles. The van der Waals surface area contributed by atoms with Crippen molar-refractivity contribution in [2.75, 3.05) is 13.2 Å². The summed E-state index contributed by atoms with van der Waals surface area (Å²) in [6, 6.07) is 13.0. The van der Waals surface area contributed by atoms with E-state index in [0.29, 0.717) is 13.2 Å². The van der Waals surface area contributed by atoms with Crippen LogP contribution in [-0.4, -0.2) is 13.2 Å². The minimum absolute atomic E-state index is 0.665. The summed E-state index contributed by atoms with van der Waals surface area (Å²) in [5.41, 5.74) is 2.44. The van der Waals surface area contributed by atoms with Gasteiger partial charge in [0.05, 0.1) is 13.2 Å². The molecule has 0 atom stereocenters. The van der Waals surface area contributed by atoms with E-state index in [1.54, 1.807) is 0 Å². The fourth-order valence-corrected chi connectivity index (χ4v) is 3.48. The Morgan fingerprint density at radius 3 is 1.46 bits per heavy atom. The smallest absolute Gasteiger partial charge is 0.135 e. The molecular weight excluding hydrogens is 344 g/mol. The summed E-state index contributed by atoms with van der Waals surface area (Å²) in [7, 11) is 0. The highest BCUT2D eigenvalue weighted by atomic mass is 16.5. The van der Waals surface area contributed by atoms with Crippen molar-refractivity contribution in [3.05, 3.63) is 71.8 Å². The summed E-state index contributed by atoms with van der Waals surface area (Å²) in [6.45, 7) is 9.65. The summed E-state index contributed by atoms with van der Waals surface area (Å²) in [5, 5.41) is 4.48. The second-order valence-electron chi connectivity index (χ2n) is 7.17. The largest absolute Gasteiger partial charge is 0.492 e. The standard InChI is InChI=1S/C26H30O2/c1-5-7-9-15-27-25-21-13-11-20(4)18-24(21)26(28-16-10-8-6-2)22-14-12-19(3)17-23(22)25/h5-8,11-14,17-18H,9-10,15-16H2,1-4H3/b7-5+,8-6+. The monoisotopic (exact) mass is 374 g/mol. The third kappa shape index (κ3) is 4.39. The summed E-state index contributed by atoms with van der Waals surface area (Å²) < 4.78 is 12.6. The van der Waals surface area contributed by atoms with Crippen molar-refractivity contribution in [3.63, 3.8) is 0 Å². The van der Waals surface area contributed by atoms with Crippen molar-refractivity contribution in [1.29, 1.82) is 0 Å². The van der Waals surface area contributed by atoms with Gasteiger partial charge in [0, 0.05) is 21.5 Å². The summed E-state index contributed by atoms with van der Waals surface area (Å²) >= 11 is 0. The summed E-state index contributed by atoms with van der Waals surface area (Å²) in [6.07, 6.45) is 10.2. The SMILES string of the molecule is C/C=C/CCOc1c2ccc(C)cc2c(OCC/C=C/C)c2ccc(C)cc12. The molecule has 0 spiro atoms. The zero-order valence-electron chi connectivity index (χ0n) is 17.4. The molecule has 0 saturated heterocycles. The fourth-order valence-electron chi connectivity index (χ4n) is 3.48. The Hall–Kier alpha value is -2.74. The van der Waals surface area contributed by atoms with Gasteiger partial charge in [-0.2, -0.15) is 0 Å². The number of fused-ring (bicyclic) bond motifs is 2. The highest BCUT2D eigenvalue weighted by Gasteiger charge is 2.16. The molecule has 3 rings (SSSR count). The van der Waals surface area contributed by atoms with Gasteiger partial charge in [0.1, 0.15) is 11.5 Å². The normalized spacial score (nSPS) is 11.9. The number of hydrogen-bond acceptors (Lipinski definition) is 2. The van der Waals surface area contributed by atoms with Crippen LogP contribution < -0.4 is 9.47 Å². The van der Waals surface area contributed by atoms with Crippen LogP contribution in [0.1, 0.15) is 37.8 Å². The van der Waals surface area contributed by atoms with Crippen molar-refractivity contribution in [2.24, 2.45) is 0 Å². The minimum Gasteiger partial charge on any atom is -0.492 e. The van der Waals surface area contributed by atoms with E-state index in [0.717, 1.165) is 45.9 Å². The lowest BCUT2D eigenvalue weighted by molar-refractivity contribution is 0.327. The predicted molar refractivity (Wildman–Crippen MR) is 121 cm³/mol. The molecule has 0 N–H and O–H groups in total. The maximum atomic E-state index is 6.31. The van der Waals surface area contributed by atoms with E-state index in [2.05, 4.69) is 74.5 Å². The summed E-state index contributed by atoms with van der Waals surface area (Å²) in [4.78, 5) is 0. The minimum atomic E-state index is 0.665. The van der Waals surface area contributed by atoms with E-state index in [1.165, 1.54) is 11.1 Å². The molecule has 0 bridgehead atoms. The molecule has 0 fully saturated rings. The molecule has 0 aliphatic heterocycles. The quantitative estimate of drug-likeness (QED) is 0.234. The average molecular weight is 375 g/mol. The zero-order valence-corrected chi connectivity index (χ0v) is 17.4. The lowest BCUT2D eigenvalue weighted by Crippen LogP contribution is -2.02. The van der Waals surface area contributed by atoms with Gasteiger partial charge in [-0.3, -0.25) is 0 Å². The number of aryl methyl sites for hydroxylation is 2. The first-order valence-corrected chi connectivity index (χ1v) is 10.1. The molecule has 146 valence electrons. The molecule has 0 aliphatic rings. The van der Waals surface area contributed by atoms with E-state index < -0.39 is 0 Å². The molecule has 0 heterocycles. The highest BCUT2D eigenvalue weighted by molar-refractivity contribution is 6.11. The third-order valence-electron chi connectivity index (χ3n) is 4.86. The van der Waals surface area contributed by atoms with Crippen LogP contribution in [0.2, 0.25) is 0 Å². The van der Waals surface area contributed by atoms with Crippen molar-refractivity contribution in [2.45, 2.75) is 40.5 Å². The molecule has 0 amide bonds. The van der Waals surface area contributed by atoms with Gasteiger partial charge in [-0.15, -0.1) is 0 Å². The molecular formula is C26H30O2. The fraction of sp³-hybridized carbons (Fsp3) is 0.308. The second-order valence-corrected chi connectivity index (χ2v) is 7.17. The van der Waals surface area contributed by atoms with E-state index in [4.69, 9.17) is 9.47 Å². The Morgan fingerprint density at radius 2 is 1.07 bits per heavy atom. The number of allylic oxidation sites excluding steroid dienone is 2.